The van der Waals surface area contributed by atoms with E-state index in [0.29, 0.717) is 47.2 Å². The van der Waals surface area contributed by atoms with Gasteiger partial charge >= 0.3 is 0 Å². The Morgan fingerprint density at radius 1 is 0.633 bits per heavy atom. The molecule has 0 unspecified atom stereocenters. The zero-order chi connectivity index (χ0) is 41.0. The van der Waals surface area contributed by atoms with E-state index in [9.17, 15) is 10.2 Å². The topological polar surface area (TPSA) is 143 Å². The number of aliphatic imine (C=N–C) groups is 2. The number of aromatic amines is 2. The van der Waals surface area contributed by atoms with Gasteiger partial charge in [0.05, 0.1) is 22.5 Å². The highest BCUT2D eigenvalue weighted by Crippen LogP contribution is 2.38. The van der Waals surface area contributed by atoms with Crippen LogP contribution in [-0.2, 0) is 9.68 Å². The molecule has 4 aromatic carbocycles. The largest absolute Gasteiger partial charge is 0.494 e. The molecule has 1 aliphatic carbocycles. The maximum absolute atomic E-state index is 10.7. The van der Waals surface area contributed by atoms with Crippen molar-refractivity contribution in [3.8, 4) is 11.8 Å². The normalized spacial score (nSPS) is 18.0. The lowest BCUT2D eigenvalue weighted by Crippen LogP contribution is -2.32. The van der Waals surface area contributed by atoms with Gasteiger partial charge in [-0.05, 0) is 86.8 Å². The maximum Gasteiger partial charge on any atom is 0.199 e. The second-order valence-electron chi connectivity index (χ2n) is 15.8. The molecule has 0 amide bonds. The van der Waals surface area contributed by atoms with E-state index in [4.69, 9.17) is 19.7 Å². The first-order valence-corrected chi connectivity index (χ1v) is 22.5. The van der Waals surface area contributed by atoms with Crippen molar-refractivity contribution in [3.63, 3.8) is 0 Å². The SMILES string of the molecule is Oc1[nH]c2ccc(Br)cc2c1C1=Nc2ccccc2/C1=N\OCCC1CCCCC1.Oc1[nH]c2ccc(Br)cc2c1C1=Nc2ccccc2/C1=N\OCCN1CCCCC1. The van der Waals surface area contributed by atoms with E-state index in [2.05, 4.69) is 57.0 Å². The number of para-hydroxylation sites is 2. The number of likely N-dealkylation sites (tertiary alicyclic amines) is 1. The van der Waals surface area contributed by atoms with Crippen molar-refractivity contribution in [1.82, 2.24) is 14.9 Å². The second-order valence-corrected chi connectivity index (χ2v) is 17.6. The molecular weight excluding hydrogens is 886 g/mol. The van der Waals surface area contributed by atoms with Gasteiger partial charge in [-0.15, -0.1) is 0 Å². The predicted octanol–water partition coefficient (Wildman–Crippen LogP) is 11.4. The number of benzene rings is 4. The average Bonchev–Trinajstić information content (AvgIpc) is 4.00. The van der Waals surface area contributed by atoms with Gasteiger partial charge < -0.3 is 29.9 Å². The Bertz CT molecular complexity index is 2470. The number of aromatic nitrogens is 2. The summed E-state index contributed by atoms with van der Waals surface area (Å²) in [6.07, 6.45) is 11.5. The number of halogens is 2. The fourth-order valence-corrected chi connectivity index (χ4v) is 9.45. The molecule has 0 bridgehead atoms. The Morgan fingerprint density at radius 2 is 1.13 bits per heavy atom. The van der Waals surface area contributed by atoms with Gasteiger partial charge in [-0.3, -0.25) is 4.90 Å². The van der Waals surface area contributed by atoms with Crippen LogP contribution in [0.3, 0.4) is 0 Å². The van der Waals surface area contributed by atoms with E-state index in [1.807, 2.05) is 84.9 Å². The second kappa shape index (κ2) is 18.2. The van der Waals surface area contributed by atoms with Gasteiger partial charge in [0, 0.05) is 48.4 Å². The molecule has 5 heterocycles. The molecule has 308 valence electrons. The van der Waals surface area contributed by atoms with E-state index in [-0.39, 0.29) is 11.8 Å². The molecule has 0 spiro atoms. The van der Waals surface area contributed by atoms with Crippen LogP contribution in [0.1, 0.15) is 80.0 Å². The summed E-state index contributed by atoms with van der Waals surface area (Å²) in [5, 5.41) is 32.1. The van der Waals surface area contributed by atoms with Crippen LogP contribution in [0.5, 0.6) is 11.8 Å². The Kier molecular flexibility index (Phi) is 12.2. The van der Waals surface area contributed by atoms with Crippen molar-refractivity contribution in [1.29, 1.82) is 0 Å². The third-order valence-corrected chi connectivity index (χ3v) is 12.8. The summed E-state index contributed by atoms with van der Waals surface area (Å²) in [4.78, 5) is 29.6. The average molecular weight is 934 g/mol. The van der Waals surface area contributed by atoms with Crippen molar-refractivity contribution in [2.24, 2.45) is 26.2 Å². The highest BCUT2D eigenvalue weighted by Gasteiger charge is 2.31. The molecule has 2 aromatic heterocycles. The summed E-state index contributed by atoms with van der Waals surface area (Å²) in [5.41, 5.74) is 9.07. The monoisotopic (exact) mass is 931 g/mol. The van der Waals surface area contributed by atoms with E-state index in [1.54, 1.807) is 0 Å². The molecule has 6 aromatic rings. The van der Waals surface area contributed by atoms with Crippen molar-refractivity contribution in [2.75, 3.05) is 32.8 Å². The Morgan fingerprint density at radius 3 is 1.68 bits per heavy atom. The molecule has 13 heteroatoms. The van der Waals surface area contributed by atoms with E-state index in [0.717, 1.165) is 85.2 Å². The van der Waals surface area contributed by atoms with E-state index >= 15 is 0 Å². The van der Waals surface area contributed by atoms with Crippen LogP contribution in [0, 0.1) is 5.92 Å². The van der Waals surface area contributed by atoms with Crippen molar-refractivity contribution in [2.45, 2.75) is 57.8 Å². The van der Waals surface area contributed by atoms with Crippen LogP contribution in [0.25, 0.3) is 21.8 Å². The van der Waals surface area contributed by atoms with Crippen LogP contribution in [0.15, 0.2) is 114 Å². The number of nitrogens with one attached hydrogen (secondary N) is 2. The van der Waals surface area contributed by atoms with Gasteiger partial charge in [-0.2, -0.15) is 0 Å². The summed E-state index contributed by atoms with van der Waals surface area (Å²) < 4.78 is 1.87. The molecule has 3 aliphatic heterocycles. The Balaban J connectivity index is 0.000000154. The summed E-state index contributed by atoms with van der Waals surface area (Å²) in [6, 6.07) is 27.4. The third kappa shape index (κ3) is 8.53. The molecule has 1 saturated heterocycles. The lowest BCUT2D eigenvalue weighted by Gasteiger charge is -2.25. The zero-order valence-corrected chi connectivity index (χ0v) is 36.4. The Labute approximate surface area is 365 Å². The minimum atomic E-state index is 0.0793. The number of piperidine rings is 1. The fourth-order valence-electron chi connectivity index (χ4n) is 8.73. The minimum Gasteiger partial charge on any atom is -0.494 e. The first kappa shape index (κ1) is 40.2. The highest BCUT2D eigenvalue weighted by molar-refractivity contribution is 9.10. The Hall–Kier alpha value is -5.24. The number of aromatic hydroxyl groups is 2. The summed E-state index contributed by atoms with van der Waals surface area (Å²) in [7, 11) is 0. The van der Waals surface area contributed by atoms with Crippen LogP contribution in [-0.4, -0.2) is 80.8 Å². The van der Waals surface area contributed by atoms with E-state index in [1.165, 1.54) is 51.4 Å². The molecular formula is C47H47Br2N7O4. The number of hydrogen-bond donors (Lipinski definition) is 4. The quantitative estimate of drug-likeness (QED) is 0.0799. The molecule has 10 rings (SSSR count). The van der Waals surface area contributed by atoms with Gasteiger partial charge in [0.25, 0.3) is 0 Å². The standard InChI is InChI=1S/C24H24BrN3O2.C23H23BrN4O2/c25-16-10-11-20-18(14-16)21(24(29)27-20)23-22(17-8-4-5-9-19(17)26-23)28-30-13-12-15-6-2-1-3-7-15;24-15-8-9-19-17(14-15)20(23(29)26-19)22-21(16-6-2-3-7-18(16)25-22)27-30-13-12-28-10-4-1-5-11-28/h4-5,8-11,14-15,27,29H,1-3,6-7,12-13H2;2-3,6-9,14,26,29H,1,4-5,10-13H2/b28-22+;27-21+. The molecule has 2 fully saturated rings. The maximum atomic E-state index is 10.7. The summed E-state index contributed by atoms with van der Waals surface area (Å²) in [5.74, 6) is 0.915. The van der Waals surface area contributed by atoms with Crippen molar-refractivity contribution in [3.05, 3.63) is 116 Å². The smallest absolute Gasteiger partial charge is 0.199 e. The zero-order valence-electron chi connectivity index (χ0n) is 33.3. The molecule has 4 aliphatic rings. The lowest BCUT2D eigenvalue weighted by molar-refractivity contribution is 0.103. The third-order valence-electron chi connectivity index (χ3n) is 11.8. The highest BCUT2D eigenvalue weighted by atomic mass is 79.9. The van der Waals surface area contributed by atoms with Crippen LogP contribution >= 0.6 is 31.9 Å². The number of hydrogen-bond acceptors (Lipinski definition) is 9. The van der Waals surface area contributed by atoms with Gasteiger partial charge in [0.15, 0.2) is 11.8 Å². The van der Waals surface area contributed by atoms with Crippen LogP contribution in [0.4, 0.5) is 11.4 Å². The van der Waals surface area contributed by atoms with E-state index < -0.39 is 0 Å². The van der Waals surface area contributed by atoms with Gasteiger partial charge in [-0.25, -0.2) is 9.98 Å². The minimum absolute atomic E-state index is 0.0793. The number of fused-ring (bicyclic) bond motifs is 4. The number of H-pyrrole nitrogens is 2. The molecule has 0 radical (unpaired) electrons. The van der Waals surface area contributed by atoms with Crippen molar-refractivity contribution < 1.29 is 19.9 Å². The fraction of sp³-hybridized carbons (Fsp3) is 0.319. The number of oxime groups is 2. The number of nitrogens with zero attached hydrogens (tertiary/aromatic N) is 5. The molecule has 11 nitrogen and oxygen atoms in total. The molecule has 1 saturated carbocycles. The summed E-state index contributed by atoms with van der Waals surface area (Å²) in [6.45, 7) is 4.27. The van der Waals surface area contributed by atoms with Gasteiger partial charge in [-0.1, -0.05) is 117 Å². The lowest BCUT2D eigenvalue weighted by atomic mass is 9.87. The predicted molar refractivity (Wildman–Crippen MR) is 247 cm³/mol. The van der Waals surface area contributed by atoms with Crippen LogP contribution < -0.4 is 0 Å². The van der Waals surface area contributed by atoms with Crippen LogP contribution in [0.2, 0.25) is 0 Å². The van der Waals surface area contributed by atoms with Gasteiger partial charge in [0.2, 0.25) is 0 Å². The first-order chi connectivity index (χ1) is 29.4. The first-order valence-electron chi connectivity index (χ1n) is 20.9. The molecule has 4 N–H and O–H groups in total. The molecule has 0 atom stereocenters. The van der Waals surface area contributed by atoms with Gasteiger partial charge in [0.1, 0.15) is 36.1 Å². The molecule has 60 heavy (non-hydrogen) atoms. The van der Waals surface area contributed by atoms with Crippen molar-refractivity contribution >= 4 is 87.9 Å². The summed E-state index contributed by atoms with van der Waals surface area (Å²) >= 11 is 7.05. The number of rotatable bonds is 10.